The van der Waals surface area contributed by atoms with Gasteiger partial charge in [0.05, 0.1) is 17.8 Å². The van der Waals surface area contributed by atoms with Gasteiger partial charge < -0.3 is 0 Å². The van der Waals surface area contributed by atoms with Crippen LogP contribution in [0.1, 0.15) is 30.0 Å². The third kappa shape index (κ3) is 2.39. The number of hydrogen-bond acceptors (Lipinski definition) is 2. The maximum atomic E-state index is 14.0. The van der Waals surface area contributed by atoms with Crippen molar-refractivity contribution in [1.82, 2.24) is 15.0 Å². The average Bonchev–Trinajstić information content (AvgIpc) is 3.05. The van der Waals surface area contributed by atoms with Gasteiger partial charge in [0.15, 0.2) is 0 Å². The number of hydrogen-bond donors (Lipinski definition) is 0. The Balaban J connectivity index is 2.00. The van der Waals surface area contributed by atoms with Gasteiger partial charge in [0.25, 0.3) is 0 Å². The van der Waals surface area contributed by atoms with Crippen molar-refractivity contribution < 1.29 is 17.6 Å². The normalized spacial score (nSPS) is 17.2. The molecule has 3 nitrogen and oxygen atoms in total. The van der Waals surface area contributed by atoms with Crippen LogP contribution < -0.4 is 0 Å². The van der Waals surface area contributed by atoms with E-state index in [1.807, 2.05) is 0 Å². The number of alkyl halides is 3. The van der Waals surface area contributed by atoms with E-state index in [4.69, 9.17) is 0 Å². The molecule has 1 saturated carbocycles. The summed E-state index contributed by atoms with van der Waals surface area (Å²) >= 11 is 0. The molecule has 1 fully saturated rings. The predicted octanol–water partition coefficient (Wildman–Crippen LogP) is 3.44. The minimum atomic E-state index is -4.54. The molecule has 0 N–H and O–H groups in total. The third-order valence-electron chi connectivity index (χ3n) is 3.44. The van der Waals surface area contributed by atoms with Crippen molar-refractivity contribution in [2.45, 2.75) is 25.1 Å². The highest BCUT2D eigenvalue weighted by Gasteiger charge is 2.37. The molecule has 1 aromatic carbocycles. The molecule has 1 aliphatic carbocycles. The lowest BCUT2D eigenvalue weighted by atomic mass is 10.00. The lowest BCUT2D eigenvalue weighted by Gasteiger charge is -2.18. The van der Waals surface area contributed by atoms with Gasteiger partial charge >= 0.3 is 6.18 Å². The van der Waals surface area contributed by atoms with Crippen LogP contribution in [-0.4, -0.2) is 15.0 Å². The summed E-state index contributed by atoms with van der Waals surface area (Å²) in [5.74, 6) is -0.657. The lowest BCUT2D eigenvalue weighted by molar-refractivity contribution is -0.137. The molecule has 0 spiro atoms. The number of nitrogens with zero attached hydrogens (tertiary/aromatic N) is 3. The Morgan fingerprint density at radius 1 is 1.25 bits per heavy atom. The number of rotatable bonds is 3. The molecule has 1 aromatic heterocycles. The average molecular weight is 285 g/mol. The maximum Gasteiger partial charge on any atom is 0.416 e. The Morgan fingerprint density at radius 3 is 2.50 bits per heavy atom. The van der Waals surface area contributed by atoms with E-state index in [-0.39, 0.29) is 17.5 Å². The topological polar surface area (TPSA) is 30.7 Å². The number of halogens is 4. The van der Waals surface area contributed by atoms with Gasteiger partial charge in [-0.05, 0) is 30.9 Å². The molecular formula is C13H11F4N3. The predicted molar refractivity (Wildman–Crippen MR) is 62.3 cm³/mol. The van der Waals surface area contributed by atoms with E-state index in [1.54, 1.807) is 6.20 Å². The fourth-order valence-electron chi connectivity index (χ4n) is 2.33. The molecule has 0 bridgehead atoms. The van der Waals surface area contributed by atoms with Crippen LogP contribution in [0.2, 0.25) is 0 Å². The summed E-state index contributed by atoms with van der Waals surface area (Å²) in [6, 6.07) is 2.26. The van der Waals surface area contributed by atoms with E-state index in [2.05, 4.69) is 10.3 Å². The summed E-state index contributed by atoms with van der Waals surface area (Å²) in [7, 11) is 0. The van der Waals surface area contributed by atoms with E-state index >= 15 is 0 Å². The van der Waals surface area contributed by atoms with E-state index in [0.717, 1.165) is 18.9 Å². The second kappa shape index (κ2) is 4.57. The largest absolute Gasteiger partial charge is 0.416 e. The van der Waals surface area contributed by atoms with E-state index in [0.29, 0.717) is 6.07 Å². The van der Waals surface area contributed by atoms with Gasteiger partial charge in [0.1, 0.15) is 5.82 Å². The van der Waals surface area contributed by atoms with Gasteiger partial charge in [-0.2, -0.15) is 13.2 Å². The molecule has 106 valence electrons. The first-order chi connectivity index (χ1) is 9.47. The standard InChI is InChI=1S/C13H11F4N3/c14-11-7-9(13(15,16)17)3-4-10(11)12(8-1-2-8)20-6-5-18-19-20/h3-8,12H,1-2H2. The molecule has 1 atom stereocenters. The van der Waals surface area contributed by atoms with Gasteiger partial charge in [-0.15, -0.1) is 5.10 Å². The van der Waals surface area contributed by atoms with E-state index < -0.39 is 17.6 Å². The maximum absolute atomic E-state index is 14.0. The Morgan fingerprint density at radius 2 is 2.00 bits per heavy atom. The van der Waals surface area contributed by atoms with Crippen molar-refractivity contribution in [3.8, 4) is 0 Å². The van der Waals surface area contributed by atoms with Gasteiger partial charge in [-0.3, -0.25) is 0 Å². The molecule has 2 aromatic rings. The second-order valence-electron chi connectivity index (χ2n) is 4.90. The molecule has 7 heteroatoms. The summed E-state index contributed by atoms with van der Waals surface area (Å²) in [6.07, 6.45) is 0.342. The first-order valence-electron chi connectivity index (χ1n) is 6.19. The Bertz CT molecular complexity index is 603. The van der Waals surface area contributed by atoms with Crippen LogP contribution in [0.5, 0.6) is 0 Å². The Kier molecular flexibility index (Phi) is 2.99. The fourth-order valence-corrected chi connectivity index (χ4v) is 2.33. The molecule has 0 aliphatic heterocycles. The highest BCUT2D eigenvalue weighted by Crippen LogP contribution is 2.44. The molecule has 0 amide bonds. The molecule has 1 unspecified atom stereocenters. The van der Waals surface area contributed by atoms with Gasteiger partial charge in [0, 0.05) is 11.8 Å². The molecule has 1 heterocycles. The van der Waals surface area contributed by atoms with Crippen molar-refractivity contribution in [3.05, 3.63) is 47.5 Å². The summed E-state index contributed by atoms with van der Waals surface area (Å²) < 4.78 is 53.2. The van der Waals surface area contributed by atoms with Crippen molar-refractivity contribution in [2.24, 2.45) is 5.92 Å². The van der Waals surface area contributed by atoms with Crippen molar-refractivity contribution >= 4 is 0 Å². The summed E-state index contributed by atoms with van der Waals surface area (Å²) in [5.41, 5.74) is -0.752. The van der Waals surface area contributed by atoms with Crippen LogP contribution in [-0.2, 0) is 6.18 Å². The van der Waals surface area contributed by atoms with Crippen LogP contribution in [0.25, 0.3) is 0 Å². The SMILES string of the molecule is Fc1cc(C(F)(F)F)ccc1C(C1CC1)n1ccnn1. The summed E-state index contributed by atoms with van der Waals surface area (Å²) in [6.45, 7) is 0. The fraction of sp³-hybridized carbons (Fsp3) is 0.385. The first-order valence-corrected chi connectivity index (χ1v) is 6.19. The van der Waals surface area contributed by atoms with Crippen molar-refractivity contribution in [3.63, 3.8) is 0 Å². The Hall–Kier alpha value is -1.92. The zero-order valence-corrected chi connectivity index (χ0v) is 10.3. The second-order valence-corrected chi connectivity index (χ2v) is 4.90. The molecule has 0 saturated heterocycles. The van der Waals surface area contributed by atoms with E-state index in [1.165, 1.54) is 16.9 Å². The zero-order chi connectivity index (χ0) is 14.3. The third-order valence-corrected chi connectivity index (χ3v) is 3.44. The lowest BCUT2D eigenvalue weighted by Crippen LogP contribution is -2.16. The highest BCUT2D eigenvalue weighted by molar-refractivity contribution is 5.30. The monoisotopic (exact) mass is 285 g/mol. The first kappa shape index (κ1) is 13.1. The van der Waals surface area contributed by atoms with Crippen molar-refractivity contribution in [2.75, 3.05) is 0 Å². The minimum absolute atomic E-state index is 0.197. The summed E-state index contributed by atoms with van der Waals surface area (Å²) in [4.78, 5) is 0. The van der Waals surface area contributed by atoms with Gasteiger partial charge in [-0.25, -0.2) is 9.07 Å². The van der Waals surface area contributed by atoms with Crippen molar-refractivity contribution in [1.29, 1.82) is 0 Å². The van der Waals surface area contributed by atoms with Crippen LogP contribution >= 0.6 is 0 Å². The van der Waals surface area contributed by atoms with Crippen LogP contribution in [0.4, 0.5) is 17.6 Å². The Labute approximate surface area is 112 Å². The van der Waals surface area contributed by atoms with Crippen LogP contribution in [0, 0.1) is 11.7 Å². The van der Waals surface area contributed by atoms with Gasteiger partial charge in [-0.1, -0.05) is 11.3 Å². The smallest absolute Gasteiger partial charge is 0.245 e. The molecular weight excluding hydrogens is 274 g/mol. The molecule has 0 radical (unpaired) electrons. The van der Waals surface area contributed by atoms with Gasteiger partial charge in [0.2, 0.25) is 0 Å². The van der Waals surface area contributed by atoms with Crippen LogP contribution in [0.15, 0.2) is 30.6 Å². The van der Waals surface area contributed by atoms with Crippen LogP contribution in [0.3, 0.4) is 0 Å². The molecule has 1 aliphatic rings. The minimum Gasteiger partial charge on any atom is -0.245 e. The molecule has 3 rings (SSSR count). The molecule has 20 heavy (non-hydrogen) atoms. The zero-order valence-electron chi connectivity index (χ0n) is 10.3. The summed E-state index contributed by atoms with van der Waals surface area (Å²) in [5, 5.41) is 7.52. The number of aromatic nitrogens is 3. The quantitative estimate of drug-likeness (QED) is 0.809. The highest BCUT2D eigenvalue weighted by atomic mass is 19.4. The van der Waals surface area contributed by atoms with E-state index in [9.17, 15) is 17.6 Å². The number of benzene rings is 1.